The molecule has 5 heteroatoms. The second-order valence-corrected chi connectivity index (χ2v) is 4.64. The van der Waals surface area contributed by atoms with Crippen molar-refractivity contribution in [3.8, 4) is 0 Å². The van der Waals surface area contributed by atoms with Crippen LogP contribution in [-0.2, 0) is 11.3 Å². The second kappa shape index (κ2) is 5.61. The van der Waals surface area contributed by atoms with E-state index in [-0.39, 0.29) is 12.5 Å². The van der Waals surface area contributed by atoms with Gasteiger partial charge in [-0.15, -0.1) is 0 Å². The molecule has 0 spiro atoms. The molecule has 5 nitrogen and oxygen atoms in total. The number of carboxylic acid groups (broad SMARTS) is 1. The number of carbonyl (C=O) groups excluding carboxylic acids is 1. The van der Waals surface area contributed by atoms with Crippen molar-refractivity contribution in [1.29, 1.82) is 0 Å². The number of carbonyl (C=O) groups is 2. The predicted molar refractivity (Wildman–Crippen MR) is 75.9 cm³/mol. The number of benzene rings is 1. The fourth-order valence-corrected chi connectivity index (χ4v) is 2.09. The number of nitrogens with one attached hydrogen (secondary N) is 1. The first-order valence-corrected chi connectivity index (χ1v) is 6.23. The molecule has 2 aromatic rings. The van der Waals surface area contributed by atoms with Crippen molar-refractivity contribution in [2.24, 2.45) is 0 Å². The maximum atomic E-state index is 12.3. The number of hydrogen-bond acceptors (Lipinski definition) is 2. The van der Waals surface area contributed by atoms with E-state index >= 15 is 0 Å². The Morgan fingerprint density at radius 2 is 1.80 bits per heavy atom. The zero-order chi connectivity index (χ0) is 14.7. The third-order valence-electron chi connectivity index (χ3n) is 3.09. The third-order valence-corrected chi connectivity index (χ3v) is 3.09. The monoisotopic (exact) mass is 272 g/mol. The normalized spacial score (nSPS) is 10.3. The van der Waals surface area contributed by atoms with Gasteiger partial charge in [0.1, 0.15) is 12.2 Å². The van der Waals surface area contributed by atoms with Crippen molar-refractivity contribution in [3.05, 3.63) is 53.3 Å². The van der Waals surface area contributed by atoms with Crippen molar-refractivity contribution < 1.29 is 14.7 Å². The van der Waals surface area contributed by atoms with Crippen molar-refractivity contribution in [2.45, 2.75) is 20.4 Å². The summed E-state index contributed by atoms with van der Waals surface area (Å²) < 4.78 is 1.41. The number of aliphatic carboxylic acids is 1. The number of nitrogens with zero attached hydrogens (tertiary/aromatic N) is 1. The predicted octanol–water partition coefficient (Wildman–Crippen LogP) is 2.44. The van der Waals surface area contributed by atoms with Crippen LogP contribution >= 0.6 is 0 Å². The summed E-state index contributed by atoms with van der Waals surface area (Å²) in [5.41, 5.74) is 3.03. The minimum Gasteiger partial charge on any atom is -0.480 e. The van der Waals surface area contributed by atoms with E-state index in [0.717, 1.165) is 16.8 Å². The number of hydrogen-bond donors (Lipinski definition) is 2. The summed E-state index contributed by atoms with van der Waals surface area (Å²) in [6.07, 6.45) is 1.58. The molecule has 0 saturated heterocycles. The van der Waals surface area contributed by atoms with E-state index in [1.165, 1.54) is 4.57 Å². The number of anilines is 1. The SMILES string of the molecule is Cc1cccc(C)c1NC(=O)c1cccn1CC(=O)O. The molecule has 0 aliphatic carbocycles. The van der Waals surface area contributed by atoms with Gasteiger partial charge in [0.05, 0.1) is 0 Å². The topological polar surface area (TPSA) is 71.3 Å². The minimum atomic E-state index is -0.984. The minimum absolute atomic E-state index is 0.234. The Hall–Kier alpha value is -2.56. The molecule has 0 aliphatic heterocycles. The Balaban J connectivity index is 2.25. The van der Waals surface area contributed by atoms with Gasteiger partial charge in [-0.3, -0.25) is 9.59 Å². The van der Waals surface area contributed by atoms with Crippen LogP contribution in [0.3, 0.4) is 0 Å². The Kier molecular flexibility index (Phi) is 3.89. The number of aromatic nitrogens is 1. The van der Waals surface area contributed by atoms with Crippen LogP contribution in [0.4, 0.5) is 5.69 Å². The lowest BCUT2D eigenvalue weighted by Gasteiger charge is -2.12. The number of carboxylic acids is 1. The maximum Gasteiger partial charge on any atom is 0.323 e. The lowest BCUT2D eigenvalue weighted by atomic mass is 10.1. The van der Waals surface area contributed by atoms with Crippen molar-refractivity contribution in [2.75, 3.05) is 5.32 Å². The van der Waals surface area contributed by atoms with Gasteiger partial charge in [-0.1, -0.05) is 18.2 Å². The molecule has 0 saturated carbocycles. The maximum absolute atomic E-state index is 12.3. The average molecular weight is 272 g/mol. The van der Waals surface area contributed by atoms with Crippen LogP contribution in [0.25, 0.3) is 0 Å². The molecule has 0 radical (unpaired) electrons. The van der Waals surface area contributed by atoms with Crippen LogP contribution in [-0.4, -0.2) is 21.6 Å². The molecule has 104 valence electrons. The molecule has 0 unspecified atom stereocenters. The molecule has 0 atom stereocenters. The molecule has 20 heavy (non-hydrogen) atoms. The van der Waals surface area contributed by atoms with Gasteiger partial charge in [0.25, 0.3) is 5.91 Å². The zero-order valence-corrected chi connectivity index (χ0v) is 11.4. The highest BCUT2D eigenvalue weighted by Crippen LogP contribution is 2.20. The molecule has 1 amide bonds. The summed E-state index contributed by atoms with van der Waals surface area (Å²) in [6, 6.07) is 9.01. The molecule has 0 fully saturated rings. The van der Waals surface area contributed by atoms with Crippen LogP contribution in [0.5, 0.6) is 0 Å². The van der Waals surface area contributed by atoms with E-state index in [9.17, 15) is 9.59 Å². The molecule has 1 aromatic carbocycles. The lowest BCUT2D eigenvalue weighted by Crippen LogP contribution is -2.20. The highest BCUT2D eigenvalue weighted by atomic mass is 16.4. The van der Waals surface area contributed by atoms with Crippen LogP contribution in [0, 0.1) is 13.8 Å². The Labute approximate surface area is 116 Å². The van der Waals surface area contributed by atoms with Crippen LogP contribution in [0.15, 0.2) is 36.5 Å². The molecule has 0 bridgehead atoms. The van der Waals surface area contributed by atoms with E-state index < -0.39 is 5.97 Å². The smallest absolute Gasteiger partial charge is 0.323 e. The van der Waals surface area contributed by atoms with Gasteiger partial charge < -0.3 is 15.0 Å². The van der Waals surface area contributed by atoms with E-state index in [2.05, 4.69) is 5.32 Å². The summed E-state index contributed by atoms with van der Waals surface area (Å²) >= 11 is 0. The van der Waals surface area contributed by atoms with E-state index in [1.54, 1.807) is 18.3 Å². The average Bonchev–Trinajstić information content (AvgIpc) is 2.81. The summed E-state index contributed by atoms with van der Waals surface area (Å²) in [5.74, 6) is -1.30. The second-order valence-electron chi connectivity index (χ2n) is 4.64. The van der Waals surface area contributed by atoms with E-state index in [1.807, 2.05) is 32.0 Å². The summed E-state index contributed by atoms with van der Waals surface area (Å²) in [6.45, 7) is 3.60. The summed E-state index contributed by atoms with van der Waals surface area (Å²) in [7, 11) is 0. The molecule has 2 rings (SSSR count). The Bertz CT molecular complexity index is 639. The van der Waals surface area contributed by atoms with Crippen molar-refractivity contribution in [1.82, 2.24) is 4.57 Å². The van der Waals surface area contributed by atoms with Gasteiger partial charge >= 0.3 is 5.97 Å². The molecule has 0 aliphatic rings. The number of rotatable bonds is 4. The lowest BCUT2D eigenvalue weighted by molar-refractivity contribution is -0.137. The van der Waals surface area contributed by atoms with Gasteiger partial charge in [0.15, 0.2) is 0 Å². The molecule has 2 N–H and O–H groups in total. The highest BCUT2D eigenvalue weighted by Gasteiger charge is 2.14. The molecule has 1 aromatic heterocycles. The van der Waals surface area contributed by atoms with Crippen LogP contribution < -0.4 is 5.32 Å². The third kappa shape index (κ3) is 2.88. The Morgan fingerprint density at radius 3 is 2.40 bits per heavy atom. The van der Waals surface area contributed by atoms with Gasteiger partial charge in [-0.25, -0.2) is 0 Å². The molecule has 1 heterocycles. The fourth-order valence-electron chi connectivity index (χ4n) is 2.09. The van der Waals surface area contributed by atoms with Crippen molar-refractivity contribution in [3.63, 3.8) is 0 Å². The standard InChI is InChI=1S/C15H16N2O3/c1-10-5-3-6-11(2)14(10)16-15(20)12-7-4-8-17(12)9-13(18)19/h3-8H,9H2,1-2H3,(H,16,20)(H,18,19). The quantitative estimate of drug-likeness (QED) is 0.898. The molecular weight excluding hydrogens is 256 g/mol. The first-order valence-electron chi connectivity index (χ1n) is 6.23. The number of para-hydroxylation sites is 1. The van der Waals surface area contributed by atoms with Crippen molar-refractivity contribution >= 4 is 17.6 Å². The Morgan fingerprint density at radius 1 is 1.15 bits per heavy atom. The zero-order valence-electron chi connectivity index (χ0n) is 11.4. The highest BCUT2D eigenvalue weighted by molar-refractivity contribution is 6.04. The molecular formula is C15H16N2O3. The number of aryl methyl sites for hydroxylation is 2. The van der Waals surface area contributed by atoms with Crippen LogP contribution in [0.2, 0.25) is 0 Å². The van der Waals surface area contributed by atoms with E-state index in [4.69, 9.17) is 5.11 Å². The van der Waals surface area contributed by atoms with Gasteiger partial charge in [0, 0.05) is 11.9 Å². The largest absolute Gasteiger partial charge is 0.480 e. The van der Waals surface area contributed by atoms with Gasteiger partial charge in [-0.05, 0) is 37.1 Å². The summed E-state index contributed by atoms with van der Waals surface area (Å²) in [5, 5.41) is 11.7. The first kappa shape index (κ1) is 13.9. The van der Waals surface area contributed by atoms with Gasteiger partial charge in [0.2, 0.25) is 0 Å². The number of amides is 1. The summed E-state index contributed by atoms with van der Waals surface area (Å²) in [4.78, 5) is 23.0. The van der Waals surface area contributed by atoms with Crippen LogP contribution in [0.1, 0.15) is 21.6 Å². The first-order chi connectivity index (χ1) is 9.49. The fraction of sp³-hybridized carbons (Fsp3) is 0.200. The van der Waals surface area contributed by atoms with E-state index in [0.29, 0.717) is 5.69 Å². The van der Waals surface area contributed by atoms with Gasteiger partial charge in [-0.2, -0.15) is 0 Å².